The van der Waals surface area contributed by atoms with Gasteiger partial charge in [-0.25, -0.2) is 4.39 Å². The predicted molar refractivity (Wildman–Crippen MR) is 122 cm³/mol. The van der Waals surface area contributed by atoms with Gasteiger partial charge in [-0.1, -0.05) is 49.4 Å². The molecule has 4 rings (SSSR count). The number of nitrogens with zero attached hydrogens (tertiary/aromatic N) is 1. The van der Waals surface area contributed by atoms with Crippen LogP contribution in [0.2, 0.25) is 0 Å². The van der Waals surface area contributed by atoms with Crippen molar-refractivity contribution < 1.29 is 9.18 Å². The third-order valence-electron chi connectivity index (χ3n) is 5.40. The number of anilines is 1. The molecule has 1 amide bonds. The molecule has 0 spiro atoms. The first-order valence-corrected chi connectivity index (χ1v) is 11.2. The molecule has 3 aromatic rings. The highest BCUT2D eigenvalue weighted by Crippen LogP contribution is 2.36. The summed E-state index contributed by atoms with van der Waals surface area (Å²) in [7, 11) is 0. The van der Waals surface area contributed by atoms with Gasteiger partial charge in [-0.05, 0) is 47.4 Å². The van der Waals surface area contributed by atoms with E-state index in [4.69, 9.17) is 0 Å². The first kappa shape index (κ1) is 20.5. The molecule has 1 atom stereocenters. The summed E-state index contributed by atoms with van der Waals surface area (Å²) in [6.07, 6.45) is 0. The van der Waals surface area contributed by atoms with Gasteiger partial charge in [0.1, 0.15) is 5.82 Å². The van der Waals surface area contributed by atoms with E-state index in [2.05, 4.69) is 29.3 Å². The maximum Gasteiger partial charge on any atom is 0.251 e. The zero-order chi connectivity index (χ0) is 20.9. The van der Waals surface area contributed by atoms with Gasteiger partial charge < -0.3 is 10.2 Å². The molecule has 1 heterocycles. The fourth-order valence-electron chi connectivity index (χ4n) is 3.64. The van der Waals surface area contributed by atoms with Crippen molar-refractivity contribution in [3.8, 4) is 0 Å². The van der Waals surface area contributed by atoms with E-state index in [9.17, 15) is 9.18 Å². The van der Waals surface area contributed by atoms with Crippen molar-refractivity contribution in [3.63, 3.8) is 0 Å². The Morgan fingerprint density at radius 1 is 1.10 bits per heavy atom. The van der Waals surface area contributed by atoms with Crippen molar-refractivity contribution >= 4 is 23.4 Å². The largest absolute Gasteiger partial charge is 0.365 e. The van der Waals surface area contributed by atoms with Gasteiger partial charge in [0, 0.05) is 35.8 Å². The Kier molecular flexibility index (Phi) is 6.38. The fraction of sp³-hybridized carbons (Fsp3) is 0.240. The third kappa shape index (κ3) is 4.85. The van der Waals surface area contributed by atoms with Crippen LogP contribution in [0, 0.1) is 5.82 Å². The SMILES string of the molecule is C[C@H](CNC(=O)c1ccc2c(c1)N(Cc1ccc(F)cc1)CCS2)c1ccccc1. The molecule has 0 saturated carbocycles. The molecule has 5 heteroatoms. The summed E-state index contributed by atoms with van der Waals surface area (Å²) in [5.74, 6) is 0.960. The van der Waals surface area contributed by atoms with Gasteiger partial charge in [0.15, 0.2) is 0 Å². The highest BCUT2D eigenvalue weighted by molar-refractivity contribution is 7.99. The van der Waals surface area contributed by atoms with Crippen LogP contribution in [0.25, 0.3) is 0 Å². The summed E-state index contributed by atoms with van der Waals surface area (Å²) in [5, 5.41) is 3.07. The van der Waals surface area contributed by atoms with Crippen LogP contribution in [0.1, 0.15) is 34.3 Å². The van der Waals surface area contributed by atoms with Gasteiger partial charge in [0.25, 0.3) is 5.91 Å². The molecule has 3 aromatic carbocycles. The average Bonchev–Trinajstić information content (AvgIpc) is 2.79. The summed E-state index contributed by atoms with van der Waals surface area (Å²) in [6, 6.07) is 22.7. The van der Waals surface area contributed by atoms with Gasteiger partial charge in [-0.2, -0.15) is 0 Å². The monoisotopic (exact) mass is 420 g/mol. The number of carbonyl (C=O) groups is 1. The molecule has 154 valence electrons. The molecule has 0 aromatic heterocycles. The van der Waals surface area contributed by atoms with Crippen LogP contribution in [-0.4, -0.2) is 24.7 Å². The van der Waals surface area contributed by atoms with E-state index in [0.29, 0.717) is 18.7 Å². The standard InChI is InChI=1S/C25H25FN2OS/c1-18(20-5-3-2-4-6-20)16-27-25(29)21-9-12-24-23(15-21)28(13-14-30-24)17-19-7-10-22(26)11-8-19/h2-12,15,18H,13-14,16-17H2,1H3,(H,27,29)/t18-/m1/s1. The highest BCUT2D eigenvalue weighted by atomic mass is 32.2. The number of nitrogens with one attached hydrogen (secondary N) is 1. The number of amides is 1. The predicted octanol–water partition coefficient (Wildman–Crippen LogP) is 5.47. The molecule has 0 fully saturated rings. The number of carbonyl (C=O) groups excluding carboxylic acids is 1. The lowest BCUT2D eigenvalue weighted by atomic mass is 10.0. The second-order valence-corrected chi connectivity index (χ2v) is 8.74. The first-order valence-electron chi connectivity index (χ1n) is 10.2. The minimum Gasteiger partial charge on any atom is -0.365 e. The molecule has 3 nitrogen and oxygen atoms in total. The molecule has 1 N–H and O–H groups in total. The van der Waals surface area contributed by atoms with Crippen LogP contribution in [0.3, 0.4) is 0 Å². The molecule has 0 unspecified atom stereocenters. The topological polar surface area (TPSA) is 32.3 Å². The summed E-state index contributed by atoms with van der Waals surface area (Å²) >= 11 is 1.81. The fourth-order valence-corrected chi connectivity index (χ4v) is 4.67. The van der Waals surface area contributed by atoms with E-state index in [1.165, 1.54) is 22.6 Å². The summed E-state index contributed by atoms with van der Waals surface area (Å²) in [6.45, 7) is 4.30. The van der Waals surface area contributed by atoms with Crippen molar-refractivity contribution in [2.75, 3.05) is 23.7 Å². The Balaban J connectivity index is 1.46. The number of halogens is 1. The molecule has 0 radical (unpaired) electrons. The Bertz CT molecular complexity index is 1010. The molecule has 0 bridgehead atoms. The van der Waals surface area contributed by atoms with Gasteiger partial charge in [0.05, 0.1) is 5.69 Å². The third-order valence-corrected chi connectivity index (χ3v) is 6.45. The number of hydrogen-bond donors (Lipinski definition) is 1. The number of rotatable bonds is 6. The van der Waals surface area contributed by atoms with Gasteiger partial charge in [-0.15, -0.1) is 11.8 Å². The van der Waals surface area contributed by atoms with Crippen molar-refractivity contribution in [3.05, 3.63) is 95.3 Å². The molecule has 1 aliphatic rings. The van der Waals surface area contributed by atoms with Crippen LogP contribution in [0.15, 0.2) is 77.7 Å². The van der Waals surface area contributed by atoms with Crippen LogP contribution in [0.5, 0.6) is 0 Å². The molecule has 1 aliphatic heterocycles. The Hall–Kier alpha value is -2.79. The molecule has 30 heavy (non-hydrogen) atoms. The zero-order valence-corrected chi connectivity index (χ0v) is 17.8. The Labute approximate surface area is 181 Å². The van der Waals surface area contributed by atoms with Crippen molar-refractivity contribution in [1.29, 1.82) is 0 Å². The van der Waals surface area contributed by atoms with E-state index in [-0.39, 0.29) is 17.6 Å². The van der Waals surface area contributed by atoms with Gasteiger partial charge in [-0.3, -0.25) is 4.79 Å². The minimum absolute atomic E-state index is 0.0575. The lowest BCUT2D eigenvalue weighted by molar-refractivity contribution is 0.0951. The van der Waals surface area contributed by atoms with E-state index >= 15 is 0 Å². The summed E-state index contributed by atoms with van der Waals surface area (Å²) in [4.78, 5) is 16.2. The van der Waals surface area contributed by atoms with E-state index in [1.54, 1.807) is 0 Å². The Morgan fingerprint density at radius 2 is 1.87 bits per heavy atom. The number of hydrogen-bond acceptors (Lipinski definition) is 3. The maximum atomic E-state index is 13.2. The Morgan fingerprint density at radius 3 is 2.63 bits per heavy atom. The maximum absolute atomic E-state index is 13.2. The second-order valence-electron chi connectivity index (χ2n) is 7.60. The van der Waals surface area contributed by atoms with Crippen molar-refractivity contribution in [2.45, 2.75) is 24.3 Å². The first-order chi connectivity index (χ1) is 14.6. The number of benzene rings is 3. The second kappa shape index (κ2) is 9.35. The average molecular weight is 421 g/mol. The van der Waals surface area contributed by atoms with Gasteiger partial charge >= 0.3 is 0 Å². The van der Waals surface area contributed by atoms with Crippen molar-refractivity contribution in [2.24, 2.45) is 0 Å². The number of fused-ring (bicyclic) bond motifs is 1. The normalized spacial score (nSPS) is 14.1. The van der Waals surface area contributed by atoms with E-state index in [1.807, 2.05) is 60.3 Å². The lowest BCUT2D eigenvalue weighted by Crippen LogP contribution is -2.30. The van der Waals surface area contributed by atoms with E-state index in [0.717, 1.165) is 23.5 Å². The molecule has 0 aliphatic carbocycles. The van der Waals surface area contributed by atoms with E-state index < -0.39 is 0 Å². The van der Waals surface area contributed by atoms with Gasteiger partial charge in [0.2, 0.25) is 0 Å². The molecular formula is C25H25FN2OS. The smallest absolute Gasteiger partial charge is 0.251 e. The quantitative estimate of drug-likeness (QED) is 0.574. The van der Waals surface area contributed by atoms with Crippen LogP contribution in [-0.2, 0) is 6.54 Å². The number of thioether (sulfide) groups is 1. The summed E-state index contributed by atoms with van der Waals surface area (Å²) in [5.41, 5.74) is 4.01. The highest BCUT2D eigenvalue weighted by Gasteiger charge is 2.20. The lowest BCUT2D eigenvalue weighted by Gasteiger charge is -2.31. The molecular weight excluding hydrogens is 395 g/mol. The summed E-state index contributed by atoms with van der Waals surface area (Å²) < 4.78 is 13.2. The van der Waals surface area contributed by atoms with Crippen LogP contribution < -0.4 is 10.2 Å². The van der Waals surface area contributed by atoms with Crippen molar-refractivity contribution in [1.82, 2.24) is 5.32 Å². The minimum atomic E-state index is -0.225. The van der Waals surface area contributed by atoms with Crippen LogP contribution >= 0.6 is 11.8 Å². The zero-order valence-electron chi connectivity index (χ0n) is 17.0. The molecule has 0 saturated heterocycles. The van der Waals surface area contributed by atoms with Crippen LogP contribution in [0.4, 0.5) is 10.1 Å².